The van der Waals surface area contributed by atoms with E-state index in [0.29, 0.717) is 6.61 Å². The lowest BCUT2D eigenvalue weighted by Gasteiger charge is -2.15. The number of nitrogens with zero attached hydrogens (tertiary/aromatic N) is 2. The van der Waals surface area contributed by atoms with Gasteiger partial charge in [0, 0.05) is 5.56 Å². The van der Waals surface area contributed by atoms with E-state index >= 15 is 0 Å². The SMILES string of the molecule is CCOc1cccc(C(O)c2cc(C)nnc2CC)c1. The summed E-state index contributed by atoms with van der Waals surface area (Å²) in [7, 11) is 0. The van der Waals surface area contributed by atoms with Crippen molar-refractivity contribution in [1.29, 1.82) is 0 Å². The van der Waals surface area contributed by atoms with Crippen LogP contribution < -0.4 is 4.74 Å². The van der Waals surface area contributed by atoms with Crippen molar-refractivity contribution in [3.63, 3.8) is 0 Å². The van der Waals surface area contributed by atoms with Gasteiger partial charge in [-0.1, -0.05) is 19.1 Å². The molecule has 2 aromatic rings. The van der Waals surface area contributed by atoms with Gasteiger partial charge in [-0.2, -0.15) is 10.2 Å². The molecule has 0 radical (unpaired) electrons. The van der Waals surface area contributed by atoms with E-state index in [4.69, 9.17) is 4.74 Å². The van der Waals surface area contributed by atoms with E-state index in [-0.39, 0.29) is 0 Å². The van der Waals surface area contributed by atoms with E-state index in [0.717, 1.165) is 34.7 Å². The lowest BCUT2D eigenvalue weighted by atomic mass is 9.99. The second kappa shape index (κ2) is 6.48. The maximum Gasteiger partial charge on any atom is 0.119 e. The van der Waals surface area contributed by atoms with Gasteiger partial charge in [0.1, 0.15) is 11.9 Å². The van der Waals surface area contributed by atoms with Crippen LogP contribution in [0, 0.1) is 6.92 Å². The van der Waals surface area contributed by atoms with Crippen LogP contribution in [0.25, 0.3) is 0 Å². The fourth-order valence-electron chi connectivity index (χ4n) is 2.17. The molecule has 0 aliphatic rings. The minimum atomic E-state index is -0.709. The Morgan fingerprint density at radius 2 is 2.00 bits per heavy atom. The van der Waals surface area contributed by atoms with Crippen LogP contribution >= 0.6 is 0 Å². The van der Waals surface area contributed by atoms with Gasteiger partial charge in [-0.15, -0.1) is 0 Å². The highest BCUT2D eigenvalue weighted by Gasteiger charge is 2.16. The molecule has 0 amide bonds. The molecule has 4 heteroatoms. The van der Waals surface area contributed by atoms with Crippen LogP contribution in [-0.2, 0) is 6.42 Å². The number of hydrogen-bond acceptors (Lipinski definition) is 4. The molecule has 1 aromatic carbocycles. The van der Waals surface area contributed by atoms with Gasteiger partial charge < -0.3 is 9.84 Å². The third kappa shape index (κ3) is 3.14. The molecule has 0 saturated heterocycles. The first-order valence-corrected chi connectivity index (χ1v) is 6.89. The van der Waals surface area contributed by atoms with Gasteiger partial charge >= 0.3 is 0 Å². The molecule has 0 bridgehead atoms. The van der Waals surface area contributed by atoms with E-state index in [2.05, 4.69) is 10.2 Å². The standard InChI is InChI=1S/C16H20N2O2/c1-4-15-14(9-11(3)17-18-15)16(19)12-7-6-8-13(10-12)20-5-2/h6-10,16,19H,4-5H2,1-3H3. The average Bonchev–Trinajstić information content (AvgIpc) is 2.47. The van der Waals surface area contributed by atoms with Crippen LogP contribution in [0.2, 0.25) is 0 Å². The van der Waals surface area contributed by atoms with Crippen molar-refractivity contribution in [2.45, 2.75) is 33.3 Å². The Balaban J connectivity index is 2.37. The Hall–Kier alpha value is -1.94. The van der Waals surface area contributed by atoms with Gasteiger partial charge in [-0.3, -0.25) is 0 Å². The quantitative estimate of drug-likeness (QED) is 0.909. The summed E-state index contributed by atoms with van der Waals surface area (Å²) in [6, 6.07) is 9.42. The zero-order valence-corrected chi connectivity index (χ0v) is 12.1. The van der Waals surface area contributed by atoms with E-state index in [9.17, 15) is 5.11 Å². The number of ether oxygens (including phenoxy) is 1. The fourth-order valence-corrected chi connectivity index (χ4v) is 2.17. The normalized spacial score (nSPS) is 12.2. The Morgan fingerprint density at radius 3 is 2.70 bits per heavy atom. The summed E-state index contributed by atoms with van der Waals surface area (Å²) in [6.07, 6.45) is 0.0322. The Bertz CT molecular complexity index is 584. The van der Waals surface area contributed by atoms with Crippen molar-refractivity contribution < 1.29 is 9.84 Å². The number of aryl methyl sites for hydroxylation is 2. The predicted octanol–water partition coefficient (Wildman–Crippen LogP) is 2.83. The van der Waals surface area contributed by atoms with Gasteiger partial charge in [-0.05, 0) is 44.0 Å². The summed E-state index contributed by atoms with van der Waals surface area (Å²) in [5, 5.41) is 18.8. The van der Waals surface area contributed by atoms with E-state index in [1.165, 1.54) is 0 Å². The molecule has 0 aliphatic heterocycles. The molecular formula is C16H20N2O2. The van der Waals surface area contributed by atoms with Crippen LogP contribution in [0.1, 0.15) is 42.5 Å². The molecule has 1 N–H and O–H groups in total. The first-order valence-electron chi connectivity index (χ1n) is 6.89. The summed E-state index contributed by atoms with van der Waals surface area (Å²) < 4.78 is 5.47. The smallest absolute Gasteiger partial charge is 0.119 e. The molecule has 1 heterocycles. The zero-order chi connectivity index (χ0) is 14.5. The fraction of sp³-hybridized carbons (Fsp3) is 0.375. The van der Waals surface area contributed by atoms with Crippen molar-refractivity contribution >= 4 is 0 Å². The molecule has 2 rings (SSSR count). The van der Waals surface area contributed by atoms with Gasteiger partial charge in [-0.25, -0.2) is 0 Å². The molecule has 0 saturated carbocycles. The molecule has 1 aromatic heterocycles. The molecule has 0 spiro atoms. The van der Waals surface area contributed by atoms with E-state index in [1.54, 1.807) is 0 Å². The first-order chi connectivity index (χ1) is 9.65. The third-order valence-corrected chi connectivity index (χ3v) is 3.14. The van der Waals surface area contributed by atoms with Crippen molar-refractivity contribution in [3.8, 4) is 5.75 Å². The third-order valence-electron chi connectivity index (χ3n) is 3.14. The summed E-state index contributed by atoms with van der Waals surface area (Å²) in [5.41, 5.74) is 3.24. The maximum atomic E-state index is 10.6. The molecular weight excluding hydrogens is 252 g/mol. The molecule has 1 unspecified atom stereocenters. The number of aromatic nitrogens is 2. The van der Waals surface area contributed by atoms with Gasteiger partial charge in [0.15, 0.2) is 0 Å². The summed E-state index contributed by atoms with van der Waals surface area (Å²) in [5.74, 6) is 0.765. The number of aliphatic hydroxyl groups excluding tert-OH is 1. The molecule has 4 nitrogen and oxygen atoms in total. The second-order valence-corrected chi connectivity index (χ2v) is 4.65. The highest BCUT2D eigenvalue weighted by molar-refractivity contribution is 5.37. The maximum absolute atomic E-state index is 10.6. The number of hydrogen-bond donors (Lipinski definition) is 1. The summed E-state index contributed by atoms with van der Waals surface area (Å²) in [4.78, 5) is 0. The summed E-state index contributed by atoms with van der Waals surface area (Å²) >= 11 is 0. The van der Waals surface area contributed by atoms with Crippen LogP contribution in [0.3, 0.4) is 0 Å². The summed E-state index contributed by atoms with van der Waals surface area (Å²) in [6.45, 7) is 6.43. The van der Waals surface area contributed by atoms with Crippen LogP contribution in [0.5, 0.6) is 5.75 Å². The van der Waals surface area contributed by atoms with Crippen molar-refractivity contribution in [2.24, 2.45) is 0 Å². The molecule has 0 aliphatic carbocycles. The van der Waals surface area contributed by atoms with E-state index < -0.39 is 6.10 Å². The minimum absolute atomic E-state index is 0.607. The van der Waals surface area contributed by atoms with Crippen molar-refractivity contribution in [2.75, 3.05) is 6.61 Å². The highest BCUT2D eigenvalue weighted by Crippen LogP contribution is 2.27. The highest BCUT2D eigenvalue weighted by atomic mass is 16.5. The van der Waals surface area contributed by atoms with Crippen molar-refractivity contribution in [1.82, 2.24) is 10.2 Å². The Labute approximate surface area is 119 Å². The largest absolute Gasteiger partial charge is 0.494 e. The lowest BCUT2D eigenvalue weighted by molar-refractivity contribution is 0.217. The monoisotopic (exact) mass is 272 g/mol. The molecule has 1 atom stereocenters. The Kier molecular flexibility index (Phi) is 4.69. The molecule has 0 fully saturated rings. The van der Waals surface area contributed by atoms with Gasteiger partial charge in [0.2, 0.25) is 0 Å². The predicted molar refractivity (Wildman–Crippen MR) is 77.8 cm³/mol. The van der Waals surface area contributed by atoms with Gasteiger partial charge in [0.25, 0.3) is 0 Å². The topological polar surface area (TPSA) is 55.2 Å². The van der Waals surface area contributed by atoms with E-state index in [1.807, 2.05) is 51.1 Å². The van der Waals surface area contributed by atoms with Crippen LogP contribution in [0.15, 0.2) is 30.3 Å². The first kappa shape index (κ1) is 14.5. The minimum Gasteiger partial charge on any atom is -0.494 e. The molecule has 106 valence electrons. The Morgan fingerprint density at radius 1 is 1.20 bits per heavy atom. The molecule has 20 heavy (non-hydrogen) atoms. The van der Waals surface area contributed by atoms with Gasteiger partial charge in [0.05, 0.1) is 18.0 Å². The van der Waals surface area contributed by atoms with Crippen molar-refractivity contribution in [3.05, 3.63) is 52.8 Å². The number of rotatable bonds is 5. The average molecular weight is 272 g/mol. The van der Waals surface area contributed by atoms with Crippen LogP contribution in [-0.4, -0.2) is 21.9 Å². The zero-order valence-electron chi connectivity index (χ0n) is 12.1. The lowest BCUT2D eigenvalue weighted by Crippen LogP contribution is -2.08. The second-order valence-electron chi connectivity index (χ2n) is 4.65. The van der Waals surface area contributed by atoms with Crippen LogP contribution in [0.4, 0.5) is 0 Å². The number of benzene rings is 1. The number of aliphatic hydroxyl groups is 1.